The van der Waals surface area contributed by atoms with E-state index >= 15 is 0 Å². The first-order chi connectivity index (χ1) is 12.2. The Hall–Kier alpha value is -2.63. The molecule has 0 aliphatic rings. The zero-order chi connectivity index (χ0) is 17.2. The third kappa shape index (κ3) is 2.20. The third-order valence-corrected chi connectivity index (χ3v) is 11.7. The van der Waals surface area contributed by atoms with Crippen LogP contribution < -0.4 is 21.2 Å². The standard InChI is InChI=1S/C23H21OP/c1-25(23-17-18-24-19-23,20-11-5-2-6-12-20,21-13-7-3-8-14-21)22-15-9-4-10-16-22/h2-19H,1H3. The molecule has 0 unspecified atom stereocenters. The van der Waals surface area contributed by atoms with Crippen molar-refractivity contribution in [3.63, 3.8) is 0 Å². The molecule has 0 spiro atoms. The van der Waals surface area contributed by atoms with Crippen LogP contribution in [-0.4, -0.2) is 6.66 Å². The fraction of sp³-hybridized carbons (Fsp3) is 0.0435. The number of rotatable bonds is 4. The molecule has 0 saturated carbocycles. The second-order valence-electron chi connectivity index (χ2n) is 6.55. The quantitative estimate of drug-likeness (QED) is 0.509. The van der Waals surface area contributed by atoms with E-state index in [1.807, 2.05) is 6.26 Å². The maximum atomic E-state index is 5.58. The van der Waals surface area contributed by atoms with E-state index in [1.54, 1.807) is 6.26 Å². The molecule has 0 bridgehead atoms. The van der Waals surface area contributed by atoms with Crippen LogP contribution in [0.3, 0.4) is 0 Å². The van der Waals surface area contributed by atoms with Crippen molar-refractivity contribution >= 4 is 27.8 Å². The van der Waals surface area contributed by atoms with Gasteiger partial charge in [0.1, 0.15) is 0 Å². The molecule has 1 aromatic heterocycles. The van der Waals surface area contributed by atoms with Crippen molar-refractivity contribution in [2.75, 3.05) is 6.66 Å². The molecule has 0 aliphatic heterocycles. The van der Waals surface area contributed by atoms with E-state index in [1.165, 1.54) is 21.2 Å². The van der Waals surface area contributed by atoms with Crippen LogP contribution in [0.15, 0.2) is 114 Å². The third-order valence-electron chi connectivity index (χ3n) is 5.36. The van der Waals surface area contributed by atoms with Gasteiger partial charge in [0.2, 0.25) is 0 Å². The Morgan fingerprint density at radius 2 is 0.920 bits per heavy atom. The average molecular weight is 344 g/mol. The Morgan fingerprint density at radius 1 is 0.520 bits per heavy atom. The van der Waals surface area contributed by atoms with Gasteiger partial charge in [0.05, 0.1) is 0 Å². The van der Waals surface area contributed by atoms with Gasteiger partial charge in [-0.2, -0.15) is 0 Å². The van der Waals surface area contributed by atoms with Crippen LogP contribution in [0.4, 0.5) is 0 Å². The van der Waals surface area contributed by atoms with Crippen molar-refractivity contribution in [2.24, 2.45) is 0 Å². The summed E-state index contributed by atoms with van der Waals surface area (Å²) < 4.78 is 5.58. The summed E-state index contributed by atoms with van der Waals surface area (Å²) in [5.41, 5.74) is 0. The Bertz CT molecular complexity index is 846. The van der Waals surface area contributed by atoms with Crippen LogP contribution in [0.5, 0.6) is 0 Å². The molecule has 4 aromatic rings. The van der Waals surface area contributed by atoms with Gasteiger partial charge in [0, 0.05) is 0 Å². The minimum absolute atomic E-state index is 1.25. The summed E-state index contributed by atoms with van der Waals surface area (Å²) in [7, 11) is 0. The fourth-order valence-corrected chi connectivity index (χ4v) is 9.17. The average Bonchev–Trinajstić information content (AvgIpc) is 3.25. The summed E-state index contributed by atoms with van der Waals surface area (Å²) in [5, 5.41) is 5.27. The molecule has 2 heteroatoms. The molecule has 0 saturated heterocycles. The van der Waals surface area contributed by atoms with Gasteiger partial charge in [0.25, 0.3) is 0 Å². The molecule has 0 amide bonds. The first kappa shape index (κ1) is 15.9. The second kappa shape index (κ2) is 6.02. The summed E-state index contributed by atoms with van der Waals surface area (Å²) in [6.07, 6.45) is 3.71. The Morgan fingerprint density at radius 3 is 1.24 bits per heavy atom. The van der Waals surface area contributed by atoms with Gasteiger partial charge < -0.3 is 0 Å². The number of hydrogen-bond acceptors (Lipinski definition) is 1. The normalized spacial score (nSPS) is 13.1. The molecule has 0 fully saturated rings. The monoisotopic (exact) mass is 344 g/mol. The summed E-state index contributed by atoms with van der Waals surface area (Å²) in [4.78, 5) is 0. The summed E-state index contributed by atoms with van der Waals surface area (Å²) in [6, 6.07) is 34.7. The summed E-state index contributed by atoms with van der Waals surface area (Å²) in [6.45, 7) is -0.429. The fourth-order valence-electron chi connectivity index (χ4n) is 3.87. The molecule has 124 valence electrons. The number of benzene rings is 3. The van der Waals surface area contributed by atoms with Gasteiger partial charge >= 0.3 is 148 Å². The molecule has 0 aliphatic carbocycles. The van der Waals surface area contributed by atoms with E-state index < -0.39 is 6.60 Å². The molecule has 0 atom stereocenters. The van der Waals surface area contributed by atoms with Gasteiger partial charge in [-0.25, -0.2) is 0 Å². The zero-order valence-electron chi connectivity index (χ0n) is 14.2. The Labute approximate surface area is 148 Å². The molecule has 25 heavy (non-hydrogen) atoms. The van der Waals surface area contributed by atoms with Gasteiger partial charge in [-0.05, 0) is 0 Å². The van der Waals surface area contributed by atoms with E-state index in [2.05, 4.69) is 104 Å². The maximum absolute atomic E-state index is 5.58. The van der Waals surface area contributed by atoms with Crippen LogP contribution in [0.25, 0.3) is 0 Å². The Balaban J connectivity index is 2.22. The van der Waals surface area contributed by atoms with Crippen LogP contribution >= 0.6 is 6.60 Å². The topological polar surface area (TPSA) is 13.1 Å². The van der Waals surface area contributed by atoms with E-state index in [-0.39, 0.29) is 0 Å². The molecule has 1 nitrogen and oxygen atoms in total. The van der Waals surface area contributed by atoms with Crippen molar-refractivity contribution in [3.05, 3.63) is 110 Å². The van der Waals surface area contributed by atoms with Crippen molar-refractivity contribution in [1.29, 1.82) is 0 Å². The van der Waals surface area contributed by atoms with Crippen LogP contribution in [0.1, 0.15) is 0 Å². The van der Waals surface area contributed by atoms with E-state index in [0.717, 1.165) is 0 Å². The van der Waals surface area contributed by atoms with Crippen LogP contribution in [0.2, 0.25) is 0 Å². The van der Waals surface area contributed by atoms with Crippen LogP contribution in [0, 0.1) is 0 Å². The van der Waals surface area contributed by atoms with Crippen molar-refractivity contribution < 1.29 is 4.42 Å². The van der Waals surface area contributed by atoms with Crippen LogP contribution in [-0.2, 0) is 0 Å². The number of furan rings is 1. The molecular weight excluding hydrogens is 323 g/mol. The SMILES string of the molecule is CP(c1ccccc1)(c1ccccc1)(c1ccccc1)c1ccoc1. The Kier molecular flexibility index (Phi) is 3.82. The minimum atomic E-state index is -2.86. The first-order valence-electron chi connectivity index (χ1n) is 8.46. The van der Waals surface area contributed by atoms with Gasteiger partial charge in [0.15, 0.2) is 0 Å². The molecule has 1 heterocycles. The van der Waals surface area contributed by atoms with E-state index in [4.69, 9.17) is 4.42 Å². The van der Waals surface area contributed by atoms with Gasteiger partial charge in [-0.3, -0.25) is 0 Å². The zero-order valence-corrected chi connectivity index (χ0v) is 15.1. The molecule has 0 N–H and O–H groups in total. The van der Waals surface area contributed by atoms with Crippen molar-refractivity contribution in [2.45, 2.75) is 0 Å². The molecule has 3 aromatic carbocycles. The molecule has 0 radical (unpaired) electrons. The summed E-state index contributed by atoms with van der Waals surface area (Å²) >= 11 is 0. The molecular formula is C23H21OP. The van der Waals surface area contributed by atoms with E-state index in [0.29, 0.717) is 0 Å². The van der Waals surface area contributed by atoms with Gasteiger partial charge in [-0.1, -0.05) is 0 Å². The van der Waals surface area contributed by atoms with Gasteiger partial charge in [-0.15, -0.1) is 0 Å². The summed E-state index contributed by atoms with van der Waals surface area (Å²) in [5.74, 6) is 0. The van der Waals surface area contributed by atoms with Crippen molar-refractivity contribution in [1.82, 2.24) is 0 Å². The van der Waals surface area contributed by atoms with Crippen molar-refractivity contribution in [3.8, 4) is 0 Å². The first-order valence-corrected chi connectivity index (χ1v) is 11.1. The second-order valence-corrected chi connectivity index (χ2v) is 11.7. The predicted molar refractivity (Wildman–Crippen MR) is 109 cm³/mol. The molecule has 4 rings (SSSR count). The number of hydrogen-bond donors (Lipinski definition) is 0. The van der Waals surface area contributed by atoms with E-state index in [9.17, 15) is 0 Å². The predicted octanol–water partition coefficient (Wildman–Crippen LogP) is 4.06.